The summed E-state index contributed by atoms with van der Waals surface area (Å²) in [4.78, 5) is 34.1. The van der Waals surface area contributed by atoms with Crippen LogP contribution >= 0.6 is 0 Å². The molecule has 0 unspecified atom stereocenters. The van der Waals surface area contributed by atoms with Crippen molar-refractivity contribution in [2.75, 3.05) is 7.11 Å². The van der Waals surface area contributed by atoms with Crippen LogP contribution in [0.5, 0.6) is 0 Å². The molecule has 0 saturated carbocycles. The van der Waals surface area contributed by atoms with Crippen molar-refractivity contribution in [3.8, 4) is 0 Å². The molecule has 0 saturated heterocycles. The molecule has 1 amide bonds. The summed E-state index contributed by atoms with van der Waals surface area (Å²) in [5, 5.41) is 11.3. The molecule has 1 atom stereocenters. The van der Waals surface area contributed by atoms with Crippen LogP contribution in [0.2, 0.25) is 0 Å². The van der Waals surface area contributed by atoms with Crippen molar-refractivity contribution in [2.45, 2.75) is 26.3 Å². The van der Waals surface area contributed by atoms with Crippen LogP contribution in [0.25, 0.3) is 0 Å². The third kappa shape index (κ3) is 4.08. The molecule has 0 aliphatic heterocycles. The van der Waals surface area contributed by atoms with Crippen LogP contribution in [0, 0.1) is 13.8 Å². The van der Waals surface area contributed by atoms with E-state index >= 15 is 0 Å². The molecule has 2 N–H and O–H groups in total. The zero-order valence-corrected chi connectivity index (χ0v) is 11.6. The monoisotopic (exact) mass is 279 g/mol. The molecular formula is C14H17NO5. The second-order valence-electron chi connectivity index (χ2n) is 4.44. The predicted octanol–water partition coefficient (Wildman–Crippen LogP) is 1.05. The van der Waals surface area contributed by atoms with E-state index in [1.54, 1.807) is 18.2 Å². The first-order valence-electron chi connectivity index (χ1n) is 6.03. The SMILES string of the molecule is COC(=O)C[C@H](NC(=O)c1ccc(C)c(C)c1)C(=O)O. The minimum absolute atomic E-state index is 0.351. The molecule has 1 aromatic rings. The highest BCUT2D eigenvalue weighted by atomic mass is 16.5. The second kappa shape index (κ2) is 6.70. The average molecular weight is 279 g/mol. The number of carbonyl (C=O) groups is 3. The summed E-state index contributed by atoms with van der Waals surface area (Å²) in [7, 11) is 1.16. The Morgan fingerprint density at radius 2 is 1.90 bits per heavy atom. The Balaban J connectivity index is 2.82. The van der Waals surface area contributed by atoms with Crippen LogP contribution in [0.1, 0.15) is 27.9 Å². The molecule has 0 heterocycles. The van der Waals surface area contributed by atoms with Crippen molar-refractivity contribution in [1.82, 2.24) is 5.32 Å². The number of rotatable bonds is 5. The van der Waals surface area contributed by atoms with Gasteiger partial charge < -0.3 is 15.2 Å². The molecule has 0 spiro atoms. The molecule has 0 radical (unpaired) electrons. The maximum atomic E-state index is 12.0. The number of esters is 1. The second-order valence-corrected chi connectivity index (χ2v) is 4.44. The lowest BCUT2D eigenvalue weighted by Crippen LogP contribution is -2.42. The van der Waals surface area contributed by atoms with E-state index in [-0.39, 0.29) is 0 Å². The Labute approximate surface area is 116 Å². The number of benzene rings is 1. The molecule has 6 heteroatoms. The Morgan fingerprint density at radius 1 is 1.25 bits per heavy atom. The van der Waals surface area contributed by atoms with Crippen molar-refractivity contribution in [3.63, 3.8) is 0 Å². The van der Waals surface area contributed by atoms with Crippen LogP contribution in [-0.4, -0.2) is 36.1 Å². The van der Waals surface area contributed by atoms with Gasteiger partial charge in [-0.3, -0.25) is 9.59 Å². The number of ether oxygens (including phenoxy) is 1. The van der Waals surface area contributed by atoms with E-state index in [0.29, 0.717) is 5.56 Å². The fraction of sp³-hybridized carbons (Fsp3) is 0.357. The molecule has 108 valence electrons. The molecule has 1 aromatic carbocycles. The Hall–Kier alpha value is -2.37. The van der Waals surface area contributed by atoms with Gasteiger partial charge in [0.15, 0.2) is 0 Å². The molecule has 0 aromatic heterocycles. The van der Waals surface area contributed by atoms with Gasteiger partial charge in [-0.1, -0.05) is 6.07 Å². The highest BCUT2D eigenvalue weighted by molar-refractivity contribution is 5.97. The Morgan fingerprint density at radius 3 is 2.40 bits per heavy atom. The number of carboxylic acids is 1. The number of hydrogen-bond donors (Lipinski definition) is 2. The number of nitrogens with one attached hydrogen (secondary N) is 1. The van der Waals surface area contributed by atoms with E-state index in [9.17, 15) is 14.4 Å². The maximum Gasteiger partial charge on any atom is 0.326 e. The fourth-order valence-electron chi connectivity index (χ4n) is 1.57. The molecule has 20 heavy (non-hydrogen) atoms. The molecule has 6 nitrogen and oxygen atoms in total. The summed E-state index contributed by atoms with van der Waals surface area (Å²) < 4.78 is 4.40. The van der Waals surface area contributed by atoms with Gasteiger partial charge in [-0.25, -0.2) is 4.79 Å². The van der Waals surface area contributed by atoms with E-state index in [4.69, 9.17) is 5.11 Å². The smallest absolute Gasteiger partial charge is 0.326 e. The van der Waals surface area contributed by atoms with E-state index < -0.39 is 30.3 Å². The summed E-state index contributed by atoms with van der Waals surface area (Å²) in [6, 6.07) is 3.74. The average Bonchev–Trinajstić information content (AvgIpc) is 2.40. The van der Waals surface area contributed by atoms with Gasteiger partial charge in [0.25, 0.3) is 5.91 Å². The highest BCUT2D eigenvalue weighted by Crippen LogP contribution is 2.10. The van der Waals surface area contributed by atoms with E-state index in [1.807, 2.05) is 13.8 Å². The lowest BCUT2D eigenvalue weighted by atomic mass is 10.1. The number of carboxylic acid groups (broad SMARTS) is 1. The van der Waals surface area contributed by atoms with Gasteiger partial charge >= 0.3 is 11.9 Å². The summed E-state index contributed by atoms with van der Waals surface area (Å²) in [5.74, 6) is -2.52. The molecule has 1 rings (SSSR count). The number of hydrogen-bond acceptors (Lipinski definition) is 4. The quantitative estimate of drug-likeness (QED) is 0.786. The van der Waals surface area contributed by atoms with Gasteiger partial charge in [-0.05, 0) is 37.1 Å². The van der Waals surface area contributed by atoms with Gasteiger partial charge in [-0.2, -0.15) is 0 Å². The molecule has 0 aliphatic carbocycles. The number of amides is 1. The van der Waals surface area contributed by atoms with Gasteiger partial charge in [-0.15, -0.1) is 0 Å². The van der Waals surface area contributed by atoms with Crippen molar-refractivity contribution < 1.29 is 24.2 Å². The zero-order chi connectivity index (χ0) is 15.3. The lowest BCUT2D eigenvalue weighted by Gasteiger charge is -2.13. The van der Waals surface area contributed by atoms with Gasteiger partial charge in [0, 0.05) is 5.56 Å². The largest absolute Gasteiger partial charge is 0.480 e. The van der Waals surface area contributed by atoms with E-state index in [2.05, 4.69) is 10.1 Å². The third-order valence-corrected chi connectivity index (χ3v) is 2.97. The van der Waals surface area contributed by atoms with Crippen LogP contribution < -0.4 is 5.32 Å². The first-order chi connectivity index (χ1) is 9.35. The predicted molar refractivity (Wildman–Crippen MR) is 71.4 cm³/mol. The van der Waals surface area contributed by atoms with Crippen LogP contribution in [0.3, 0.4) is 0 Å². The Kier molecular flexibility index (Phi) is 5.25. The standard InChI is InChI=1S/C14H17NO5/c1-8-4-5-10(6-9(8)2)13(17)15-11(14(18)19)7-12(16)20-3/h4-6,11H,7H2,1-3H3,(H,15,17)(H,18,19)/t11-/m0/s1. The van der Waals surface area contributed by atoms with Crippen LogP contribution in [0.4, 0.5) is 0 Å². The number of aryl methyl sites for hydroxylation is 2. The van der Waals surface area contributed by atoms with Crippen LogP contribution in [-0.2, 0) is 14.3 Å². The zero-order valence-electron chi connectivity index (χ0n) is 11.6. The minimum Gasteiger partial charge on any atom is -0.480 e. The molecule has 0 aliphatic rings. The summed E-state index contributed by atoms with van der Waals surface area (Å²) >= 11 is 0. The topological polar surface area (TPSA) is 92.7 Å². The van der Waals surface area contributed by atoms with E-state index in [0.717, 1.165) is 18.2 Å². The number of carbonyl (C=O) groups excluding carboxylic acids is 2. The summed E-state index contributed by atoms with van der Waals surface area (Å²) in [5.41, 5.74) is 2.31. The van der Waals surface area contributed by atoms with Gasteiger partial charge in [0.1, 0.15) is 6.04 Å². The van der Waals surface area contributed by atoms with Crippen LogP contribution in [0.15, 0.2) is 18.2 Å². The summed E-state index contributed by atoms with van der Waals surface area (Å²) in [6.07, 6.45) is -0.414. The van der Waals surface area contributed by atoms with Crippen molar-refractivity contribution in [1.29, 1.82) is 0 Å². The lowest BCUT2D eigenvalue weighted by molar-refractivity contribution is -0.147. The fourth-order valence-corrected chi connectivity index (χ4v) is 1.57. The van der Waals surface area contributed by atoms with Crippen molar-refractivity contribution in [3.05, 3.63) is 34.9 Å². The van der Waals surface area contributed by atoms with Crippen molar-refractivity contribution >= 4 is 17.8 Å². The number of methoxy groups -OCH3 is 1. The maximum absolute atomic E-state index is 12.0. The third-order valence-electron chi connectivity index (χ3n) is 2.97. The van der Waals surface area contributed by atoms with E-state index in [1.165, 1.54) is 0 Å². The number of aliphatic carboxylic acids is 1. The highest BCUT2D eigenvalue weighted by Gasteiger charge is 2.24. The molecule has 0 fully saturated rings. The molecule has 0 bridgehead atoms. The first-order valence-corrected chi connectivity index (χ1v) is 6.03. The normalized spacial score (nSPS) is 11.6. The molecular weight excluding hydrogens is 262 g/mol. The Bertz CT molecular complexity index is 538. The van der Waals surface area contributed by atoms with Crippen molar-refractivity contribution in [2.24, 2.45) is 0 Å². The summed E-state index contributed by atoms with van der Waals surface area (Å²) in [6.45, 7) is 3.77. The minimum atomic E-state index is -1.31. The van der Waals surface area contributed by atoms with Gasteiger partial charge in [0.2, 0.25) is 0 Å². The van der Waals surface area contributed by atoms with Gasteiger partial charge in [0.05, 0.1) is 13.5 Å². The first kappa shape index (κ1) is 15.7.